The number of carboxylic acids is 1. The van der Waals surface area contributed by atoms with Gasteiger partial charge in [-0.25, -0.2) is 0 Å². The molecule has 78 valence electrons. The fourth-order valence-electron chi connectivity index (χ4n) is 1.76. The normalized spacial score (nSPS) is 17.8. The first-order chi connectivity index (χ1) is 6.05. The van der Waals surface area contributed by atoms with Crippen LogP contribution in [-0.2, 0) is 4.79 Å². The van der Waals surface area contributed by atoms with Gasteiger partial charge in [0, 0.05) is 0 Å². The first kappa shape index (κ1) is 12.4. The standard InChI is InChI=1S/C10H20O3/c1-4-6-8(3)10(5-2,7-11)9(12)13/h8,11H,4-7H2,1-3H3,(H,12,13)/t8?,10-/m0/s1. The third-order valence-electron chi connectivity index (χ3n) is 3.00. The van der Waals surface area contributed by atoms with Crippen molar-refractivity contribution in [3.63, 3.8) is 0 Å². The Morgan fingerprint density at radius 2 is 2.00 bits per heavy atom. The molecule has 0 aliphatic carbocycles. The smallest absolute Gasteiger partial charge is 0.312 e. The van der Waals surface area contributed by atoms with Gasteiger partial charge in [-0.1, -0.05) is 27.2 Å². The molecule has 2 atom stereocenters. The van der Waals surface area contributed by atoms with Crippen LogP contribution in [0, 0.1) is 11.3 Å². The number of carboxylic acid groups (broad SMARTS) is 1. The summed E-state index contributed by atoms with van der Waals surface area (Å²) >= 11 is 0. The third-order valence-corrected chi connectivity index (χ3v) is 3.00. The average molecular weight is 188 g/mol. The van der Waals surface area contributed by atoms with Crippen molar-refractivity contribution in [2.75, 3.05) is 6.61 Å². The lowest BCUT2D eigenvalue weighted by molar-refractivity contribution is -0.156. The predicted octanol–water partition coefficient (Wildman–Crippen LogP) is 1.90. The van der Waals surface area contributed by atoms with E-state index in [9.17, 15) is 4.79 Å². The van der Waals surface area contributed by atoms with Crippen LogP contribution >= 0.6 is 0 Å². The van der Waals surface area contributed by atoms with E-state index in [0.29, 0.717) is 6.42 Å². The topological polar surface area (TPSA) is 57.5 Å². The predicted molar refractivity (Wildman–Crippen MR) is 51.5 cm³/mol. The lowest BCUT2D eigenvalue weighted by Crippen LogP contribution is -2.40. The molecule has 3 nitrogen and oxygen atoms in total. The molecule has 13 heavy (non-hydrogen) atoms. The summed E-state index contributed by atoms with van der Waals surface area (Å²) in [6.45, 7) is 5.48. The summed E-state index contributed by atoms with van der Waals surface area (Å²) in [5.41, 5.74) is -0.935. The van der Waals surface area contributed by atoms with Gasteiger partial charge in [0.2, 0.25) is 0 Å². The van der Waals surface area contributed by atoms with Gasteiger partial charge in [-0.2, -0.15) is 0 Å². The van der Waals surface area contributed by atoms with E-state index in [1.807, 2.05) is 20.8 Å². The Morgan fingerprint density at radius 3 is 2.23 bits per heavy atom. The van der Waals surface area contributed by atoms with Crippen LogP contribution in [0.5, 0.6) is 0 Å². The molecule has 2 N–H and O–H groups in total. The van der Waals surface area contributed by atoms with E-state index in [4.69, 9.17) is 10.2 Å². The summed E-state index contributed by atoms with van der Waals surface area (Å²) in [6.07, 6.45) is 2.29. The number of hydrogen-bond donors (Lipinski definition) is 2. The Morgan fingerprint density at radius 1 is 1.46 bits per heavy atom. The van der Waals surface area contributed by atoms with Crippen molar-refractivity contribution in [2.24, 2.45) is 11.3 Å². The highest BCUT2D eigenvalue weighted by Gasteiger charge is 2.40. The van der Waals surface area contributed by atoms with Crippen molar-refractivity contribution in [1.82, 2.24) is 0 Å². The summed E-state index contributed by atoms with van der Waals surface area (Å²) in [5, 5.41) is 18.2. The molecule has 0 saturated heterocycles. The Labute approximate surface area is 79.8 Å². The molecule has 0 aromatic rings. The molecule has 0 spiro atoms. The van der Waals surface area contributed by atoms with Crippen LogP contribution in [0.2, 0.25) is 0 Å². The van der Waals surface area contributed by atoms with Gasteiger partial charge < -0.3 is 10.2 Å². The fourth-order valence-corrected chi connectivity index (χ4v) is 1.76. The summed E-state index contributed by atoms with van der Waals surface area (Å²) in [4.78, 5) is 11.0. The number of rotatable bonds is 6. The van der Waals surface area contributed by atoms with Gasteiger partial charge >= 0.3 is 5.97 Å². The molecule has 0 rings (SSSR count). The first-order valence-electron chi connectivity index (χ1n) is 4.89. The maximum absolute atomic E-state index is 11.0. The molecule has 0 radical (unpaired) electrons. The zero-order valence-corrected chi connectivity index (χ0v) is 8.71. The van der Waals surface area contributed by atoms with E-state index in [-0.39, 0.29) is 12.5 Å². The minimum Gasteiger partial charge on any atom is -0.481 e. The van der Waals surface area contributed by atoms with Crippen LogP contribution in [0.3, 0.4) is 0 Å². The van der Waals surface area contributed by atoms with Crippen molar-refractivity contribution in [2.45, 2.75) is 40.0 Å². The molecule has 0 saturated carbocycles. The molecule has 0 bridgehead atoms. The number of aliphatic carboxylic acids is 1. The van der Waals surface area contributed by atoms with Gasteiger partial charge in [0.05, 0.1) is 12.0 Å². The molecule has 3 heteroatoms. The Bertz CT molecular complexity index is 162. The quantitative estimate of drug-likeness (QED) is 0.669. The SMILES string of the molecule is CCCC(C)[C@](CC)(CO)C(=O)O. The van der Waals surface area contributed by atoms with Crippen LogP contribution < -0.4 is 0 Å². The Kier molecular flexibility index (Phi) is 4.99. The van der Waals surface area contributed by atoms with Crippen molar-refractivity contribution >= 4 is 5.97 Å². The molecule has 0 heterocycles. The second kappa shape index (κ2) is 5.22. The highest BCUT2D eigenvalue weighted by Crippen LogP contribution is 2.34. The molecule has 0 aliphatic heterocycles. The second-order valence-electron chi connectivity index (χ2n) is 3.66. The van der Waals surface area contributed by atoms with Gasteiger partial charge in [-0.3, -0.25) is 4.79 Å². The van der Waals surface area contributed by atoms with Gasteiger partial charge in [0.15, 0.2) is 0 Å². The van der Waals surface area contributed by atoms with E-state index in [2.05, 4.69) is 0 Å². The Hall–Kier alpha value is -0.570. The maximum atomic E-state index is 11.0. The number of aliphatic hydroxyl groups is 1. The minimum absolute atomic E-state index is 0.0324. The molecular formula is C10H20O3. The lowest BCUT2D eigenvalue weighted by Gasteiger charge is -2.32. The van der Waals surface area contributed by atoms with Crippen LogP contribution in [0.15, 0.2) is 0 Å². The highest BCUT2D eigenvalue weighted by atomic mass is 16.4. The average Bonchev–Trinajstić information content (AvgIpc) is 2.07. The van der Waals surface area contributed by atoms with Gasteiger partial charge in [-0.05, 0) is 18.8 Å². The molecular weight excluding hydrogens is 168 g/mol. The molecule has 1 unspecified atom stereocenters. The van der Waals surface area contributed by atoms with Gasteiger partial charge in [0.1, 0.15) is 0 Å². The van der Waals surface area contributed by atoms with Crippen LogP contribution in [-0.4, -0.2) is 22.8 Å². The zero-order valence-electron chi connectivity index (χ0n) is 8.71. The summed E-state index contributed by atoms with van der Waals surface area (Å²) < 4.78 is 0. The lowest BCUT2D eigenvalue weighted by atomic mass is 9.73. The molecule has 0 aromatic heterocycles. The van der Waals surface area contributed by atoms with Crippen molar-refractivity contribution < 1.29 is 15.0 Å². The summed E-state index contributed by atoms with van der Waals surface area (Å²) in [6, 6.07) is 0. The van der Waals surface area contributed by atoms with Gasteiger partial charge in [-0.15, -0.1) is 0 Å². The van der Waals surface area contributed by atoms with Gasteiger partial charge in [0.25, 0.3) is 0 Å². The summed E-state index contributed by atoms with van der Waals surface area (Å²) in [7, 11) is 0. The summed E-state index contributed by atoms with van der Waals surface area (Å²) in [5.74, 6) is -0.844. The van der Waals surface area contributed by atoms with Crippen molar-refractivity contribution in [1.29, 1.82) is 0 Å². The minimum atomic E-state index is -0.935. The third kappa shape index (κ3) is 2.44. The largest absolute Gasteiger partial charge is 0.481 e. The van der Waals surface area contributed by atoms with Crippen molar-refractivity contribution in [3.8, 4) is 0 Å². The molecule has 0 aromatic carbocycles. The van der Waals surface area contributed by atoms with Crippen molar-refractivity contribution in [3.05, 3.63) is 0 Å². The Balaban J connectivity index is 4.64. The van der Waals surface area contributed by atoms with E-state index in [1.54, 1.807) is 0 Å². The number of carbonyl (C=O) groups is 1. The van der Waals surface area contributed by atoms with Crippen LogP contribution in [0.25, 0.3) is 0 Å². The molecule has 0 fully saturated rings. The fraction of sp³-hybridized carbons (Fsp3) is 0.900. The van der Waals surface area contributed by atoms with Crippen LogP contribution in [0.4, 0.5) is 0 Å². The highest BCUT2D eigenvalue weighted by molar-refractivity contribution is 5.75. The van der Waals surface area contributed by atoms with E-state index >= 15 is 0 Å². The monoisotopic (exact) mass is 188 g/mol. The zero-order chi connectivity index (χ0) is 10.5. The van der Waals surface area contributed by atoms with E-state index in [1.165, 1.54) is 0 Å². The second-order valence-corrected chi connectivity index (χ2v) is 3.66. The van der Waals surface area contributed by atoms with Crippen LogP contribution in [0.1, 0.15) is 40.0 Å². The maximum Gasteiger partial charge on any atom is 0.312 e. The first-order valence-corrected chi connectivity index (χ1v) is 4.89. The number of aliphatic hydroxyl groups excluding tert-OH is 1. The number of hydrogen-bond acceptors (Lipinski definition) is 2. The van der Waals surface area contributed by atoms with E-state index < -0.39 is 11.4 Å². The molecule has 0 aliphatic rings. The van der Waals surface area contributed by atoms with E-state index in [0.717, 1.165) is 12.8 Å². The molecule has 0 amide bonds.